The molecule has 1 fully saturated rings. The molecule has 0 aliphatic heterocycles. The number of benzene rings is 2. The highest BCUT2D eigenvalue weighted by Gasteiger charge is 2.31. The van der Waals surface area contributed by atoms with Crippen LogP contribution in [-0.4, -0.2) is 6.04 Å². The van der Waals surface area contributed by atoms with Crippen molar-refractivity contribution < 1.29 is 13.2 Å². The van der Waals surface area contributed by atoms with Crippen molar-refractivity contribution in [1.82, 2.24) is 5.32 Å². The van der Waals surface area contributed by atoms with Crippen LogP contribution in [0.3, 0.4) is 0 Å². The Bertz CT molecular complexity index is 636. The van der Waals surface area contributed by atoms with E-state index in [0.29, 0.717) is 18.2 Å². The summed E-state index contributed by atoms with van der Waals surface area (Å²) in [5.74, 6) is -1.57. The van der Waals surface area contributed by atoms with Crippen molar-refractivity contribution >= 4 is 0 Å². The molecule has 0 spiro atoms. The van der Waals surface area contributed by atoms with Gasteiger partial charge < -0.3 is 5.32 Å². The highest BCUT2D eigenvalue weighted by atomic mass is 19.2. The first kappa shape index (κ1) is 14.1. The molecule has 4 heteroatoms. The molecule has 110 valence electrons. The molecule has 1 saturated carbocycles. The van der Waals surface area contributed by atoms with Crippen LogP contribution in [-0.2, 0) is 6.54 Å². The summed E-state index contributed by atoms with van der Waals surface area (Å²) in [6, 6.07) is 11.0. The van der Waals surface area contributed by atoms with E-state index in [0.717, 1.165) is 24.5 Å². The second-order valence-electron chi connectivity index (χ2n) is 5.52. The average Bonchev–Trinajstić information content (AvgIpc) is 2.43. The third-order valence-corrected chi connectivity index (χ3v) is 4.06. The highest BCUT2D eigenvalue weighted by Crippen LogP contribution is 2.38. The third kappa shape index (κ3) is 3.10. The van der Waals surface area contributed by atoms with Crippen LogP contribution in [0.15, 0.2) is 42.5 Å². The lowest BCUT2D eigenvalue weighted by molar-refractivity contribution is 0.284. The van der Waals surface area contributed by atoms with Crippen molar-refractivity contribution in [1.29, 1.82) is 0 Å². The average molecular weight is 291 g/mol. The maximum atomic E-state index is 13.6. The second-order valence-corrected chi connectivity index (χ2v) is 5.52. The number of hydrogen-bond acceptors (Lipinski definition) is 1. The SMILES string of the molecule is Fc1ccc(CNC2CC(c3ccccc3F)C2)cc1F. The normalized spacial score (nSPS) is 21.1. The molecule has 0 heterocycles. The van der Waals surface area contributed by atoms with Gasteiger partial charge >= 0.3 is 0 Å². The zero-order valence-corrected chi connectivity index (χ0v) is 11.5. The van der Waals surface area contributed by atoms with E-state index in [4.69, 9.17) is 0 Å². The summed E-state index contributed by atoms with van der Waals surface area (Å²) in [5, 5.41) is 3.29. The van der Waals surface area contributed by atoms with Gasteiger partial charge in [0.25, 0.3) is 0 Å². The summed E-state index contributed by atoms with van der Waals surface area (Å²) in [6.07, 6.45) is 1.73. The lowest BCUT2D eigenvalue weighted by Crippen LogP contribution is -2.39. The molecule has 2 aromatic carbocycles. The van der Waals surface area contributed by atoms with E-state index in [1.165, 1.54) is 12.1 Å². The summed E-state index contributed by atoms with van der Waals surface area (Å²) < 4.78 is 39.5. The first-order chi connectivity index (χ1) is 10.1. The lowest BCUT2D eigenvalue weighted by Gasteiger charge is -2.36. The van der Waals surface area contributed by atoms with Crippen LogP contribution in [0, 0.1) is 17.5 Å². The maximum absolute atomic E-state index is 13.6. The number of rotatable bonds is 4. The fraction of sp³-hybridized carbons (Fsp3) is 0.294. The van der Waals surface area contributed by atoms with Gasteiger partial charge in [-0.25, -0.2) is 13.2 Å². The number of hydrogen-bond donors (Lipinski definition) is 1. The lowest BCUT2D eigenvalue weighted by atomic mass is 9.75. The molecule has 21 heavy (non-hydrogen) atoms. The minimum atomic E-state index is -0.831. The molecule has 0 amide bonds. The van der Waals surface area contributed by atoms with Gasteiger partial charge in [0.15, 0.2) is 11.6 Å². The first-order valence-electron chi connectivity index (χ1n) is 7.05. The van der Waals surface area contributed by atoms with E-state index in [1.807, 2.05) is 12.1 Å². The fourth-order valence-corrected chi connectivity index (χ4v) is 2.76. The molecule has 1 N–H and O–H groups in total. The van der Waals surface area contributed by atoms with E-state index in [2.05, 4.69) is 5.32 Å². The summed E-state index contributed by atoms with van der Waals surface area (Å²) in [7, 11) is 0. The Morgan fingerprint density at radius 1 is 0.905 bits per heavy atom. The van der Waals surface area contributed by atoms with Gasteiger partial charge in [-0.05, 0) is 48.1 Å². The Morgan fingerprint density at radius 3 is 2.38 bits per heavy atom. The van der Waals surface area contributed by atoms with Gasteiger partial charge in [-0.2, -0.15) is 0 Å². The highest BCUT2D eigenvalue weighted by molar-refractivity contribution is 5.25. The van der Waals surface area contributed by atoms with Gasteiger partial charge in [-0.15, -0.1) is 0 Å². The zero-order valence-electron chi connectivity index (χ0n) is 11.5. The monoisotopic (exact) mass is 291 g/mol. The second kappa shape index (κ2) is 5.90. The van der Waals surface area contributed by atoms with Gasteiger partial charge in [-0.1, -0.05) is 24.3 Å². The molecule has 0 atom stereocenters. The quantitative estimate of drug-likeness (QED) is 0.892. The van der Waals surface area contributed by atoms with Crippen LogP contribution >= 0.6 is 0 Å². The van der Waals surface area contributed by atoms with Crippen LogP contribution in [0.25, 0.3) is 0 Å². The zero-order chi connectivity index (χ0) is 14.8. The van der Waals surface area contributed by atoms with Crippen molar-refractivity contribution in [3.05, 3.63) is 71.0 Å². The minimum absolute atomic E-state index is 0.151. The Morgan fingerprint density at radius 2 is 1.67 bits per heavy atom. The van der Waals surface area contributed by atoms with Crippen LogP contribution in [0.4, 0.5) is 13.2 Å². The van der Waals surface area contributed by atoms with E-state index >= 15 is 0 Å². The van der Waals surface area contributed by atoms with E-state index in [1.54, 1.807) is 12.1 Å². The molecule has 1 aliphatic rings. The van der Waals surface area contributed by atoms with Crippen molar-refractivity contribution in [2.45, 2.75) is 31.3 Å². The van der Waals surface area contributed by atoms with Gasteiger partial charge in [0, 0.05) is 12.6 Å². The van der Waals surface area contributed by atoms with Crippen molar-refractivity contribution in [3.8, 4) is 0 Å². The third-order valence-electron chi connectivity index (χ3n) is 4.06. The Kier molecular flexibility index (Phi) is 3.97. The number of halogens is 3. The van der Waals surface area contributed by atoms with Gasteiger partial charge in [-0.3, -0.25) is 0 Å². The van der Waals surface area contributed by atoms with E-state index in [-0.39, 0.29) is 11.7 Å². The van der Waals surface area contributed by atoms with Gasteiger partial charge in [0.05, 0.1) is 0 Å². The molecule has 0 bridgehead atoms. The summed E-state index contributed by atoms with van der Waals surface area (Å²) in [6.45, 7) is 0.492. The predicted octanol–water partition coefficient (Wildman–Crippen LogP) is 4.14. The van der Waals surface area contributed by atoms with Crippen LogP contribution < -0.4 is 5.32 Å². The first-order valence-corrected chi connectivity index (χ1v) is 7.05. The van der Waals surface area contributed by atoms with Crippen molar-refractivity contribution in [2.75, 3.05) is 0 Å². The molecule has 1 nitrogen and oxygen atoms in total. The Balaban J connectivity index is 1.51. The van der Waals surface area contributed by atoms with Crippen LogP contribution in [0.1, 0.15) is 29.9 Å². The Hall–Kier alpha value is -1.81. The molecule has 0 radical (unpaired) electrons. The molecular weight excluding hydrogens is 275 g/mol. The molecule has 0 saturated heterocycles. The van der Waals surface area contributed by atoms with Crippen LogP contribution in [0.5, 0.6) is 0 Å². The summed E-state index contributed by atoms with van der Waals surface area (Å²) in [4.78, 5) is 0. The van der Waals surface area contributed by atoms with Crippen molar-refractivity contribution in [3.63, 3.8) is 0 Å². The molecule has 0 unspecified atom stereocenters. The minimum Gasteiger partial charge on any atom is -0.310 e. The largest absolute Gasteiger partial charge is 0.310 e. The smallest absolute Gasteiger partial charge is 0.159 e. The Labute approximate surface area is 121 Å². The maximum Gasteiger partial charge on any atom is 0.159 e. The van der Waals surface area contributed by atoms with E-state index in [9.17, 15) is 13.2 Å². The summed E-state index contributed by atoms with van der Waals surface area (Å²) in [5.41, 5.74) is 1.48. The predicted molar refractivity (Wildman–Crippen MR) is 75.4 cm³/mol. The van der Waals surface area contributed by atoms with Gasteiger partial charge in [0.2, 0.25) is 0 Å². The summed E-state index contributed by atoms with van der Waals surface area (Å²) >= 11 is 0. The molecule has 3 rings (SSSR count). The molecule has 1 aliphatic carbocycles. The standard InChI is InChI=1S/C17H16F3N/c18-15-4-2-1-3-14(15)12-8-13(9-12)21-10-11-5-6-16(19)17(20)7-11/h1-7,12-13,21H,8-10H2. The topological polar surface area (TPSA) is 12.0 Å². The number of nitrogens with one attached hydrogen (secondary N) is 1. The molecule has 2 aromatic rings. The molecule has 0 aromatic heterocycles. The molecular formula is C17H16F3N. The fourth-order valence-electron chi connectivity index (χ4n) is 2.76. The van der Waals surface area contributed by atoms with Crippen molar-refractivity contribution in [2.24, 2.45) is 0 Å². The van der Waals surface area contributed by atoms with Crippen LogP contribution in [0.2, 0.25) is 0 Å². The van der Waals surface area contributed by atoms with E-state index < -0.39 is 11.6 Å². The van der Waals surface area contributed by atoms with Gasteiger partial charge in [0.1, 0.15) is 5.82 Å².